The van der Waals surface area contributed by atoms with Crippen molar-refractivity contribution in [1.29, 1.82) is 0 Å². The first-order valence-corrected chi connectivity index (χ1v) is 10.1. The lowest BCUT2D eigenvalue weighted by molar-refractivity contribution is 0.355. The van der Waals surface area contributed by atoms with Gasteiger partial charge in [-0.25, -0.2) is 9.97 Å². The van der Waals surface area contributed by atoms with Crippen LogP contribution in [0.3, 0.4) is 0 Å². The fourth-order valence-corrected chi connectivity index (χ4v) is 3.55. The zero-order chi connectivity index (χ0) is 21.8. The van der Waals surface area contributed by atoms with Crippen molar-refractivity contribution in [3.05, 3.63) is 76.3 Å². The fourth-order valence-electron chi connectivity index (χ4n) is 3.05. The topological polar surface area (TPSA) is 68.6 Å². The molecule has 0 aliphatic heterocycles. The number of anilines is 1. The Morgan fingerprint density at radius 3 is 2.48 bits per heavy atom. The van der Waals surface area contributed by atoms with E-state index < -0.39 is 0 Å². The van der Waals surface area contributed by atoms with Crippen molar-refractivity contribution >= 4 is 46.1 Å². The lowest BCUT2D eigenvalue weighted by atomic mass is 10.2. The number of hydrogen-bond donors (Lipinski definition) is 1. The molecule has 31 heavy (non-hydrogen) atoms. The number of nitrogens with one attached hydrogen (secondary N) is 1. The minimum Gasteiger partial charge on any atom is -0.493 e. The Bertz CT molecular complexity index is 1280. The molecule has 1 aromatic heterocycles. The predicted octanol–water partition coefficient (Wildman–Crippen LogP) is 6.07. The van der Waals surface area contributed by atoms with Gasteiger partial charge in [0.05, 0.1) is 31.0 Å². The van der Waals surface area contributed by atoms with Crippen LogP contribution in [-0.4, -0.2) is 30.4 Å². The van der Waals surface area contributed by atoms with Gasteiger partial charge in [-0.05, 0) is 54.1 Å². The van der Waals surface area contributed by atoms with E-state index in [1.54, 1.807) is 38.6 Å². The number of halogens is 2. The van der Waals surface area contributed by atoms with Gasteiger partial charge in [0.15, 0.2) is 23.1 Å². The van der Waals surface area contributed by atoms with Gasteiger partial charge in [-0.2, -0.15) is 5.10 Å². The van der Waals surface area contributed by atoms with Gasteiger partial charge in [0.25, 0.3) is 0 Å². The van der Waals surface area contributed by atoms with Gasteiger partial charge in [0.1, 0.15) is 0 Å². The molecule has 4 aromatic rings. The first-order valence-electron chi connectivity index (χ1n) is 9.32. The maximum atomic E-state index is 6.37. The summed E-state index contributed by atoms with van der Waals surface area (Å²) < 4.78 is 10.6. The molecule has 0 aliphatic carbocycles. The van der Waals surface area contributed by atoms with E-state index in [1.165, 1.54) is 0 Å². The molecule has 3 aromatic carbocycles. The summed E-state index contributed by atoms with van der Waals surface area (Å²) in [5.41, 5.74) is 5.31. The maximum Gasteiger partial charge on any atom is 0.163 e. The summed E-state index contributed by atoms with van der Waals surface area (Å²) in [7, 11) is 3.19. The minimum absolute atomic E-state index is 0.475. The number of aromatic nitrogens is 2. The van der Waals surface area contributed by atoms with Gasteiger partial charge in [0, 0.05) is 16.0 Å². The average molecular weight is 453 g/mol. The molecular formula is C23H18Cl2N4O2. The highest BCUT2D eigenvalue weighted by molar-refractivity contribution is 6.36. The van der Waals surface area contributed by atoms with E-state index in [-0.39, 0.29) is 0 Å². The summed E-state index contributed by atoms with van der Waals surface area (Å²) >= 11 is 12.4. The standard InChI is InChI=1S/C23H18Cl2N4O2/c1-30-20-10-7-14(11-21(20)31-2)13-26-29-23-17-5-3-4-6-19(17)27-22(28-23)16-9-8-15(24)12-18(16)25/h3-13H,1-2H3,(H,27,28,29). The number of hydrogen-bond acceptors (Lipinski definition) is 6. The molecule has 0 atom stereocenters. The highest BCUT2D eigenvalue weighted by Crippen LogP contribution is 2.31. The zero-order valence-electron chi connectivity index (χ0n) is 16.8. The van der Waals surface area contributed by atoms with Crippen LogP contribution >= 0.6 is 23.2 Å². The summed E-state index contributed by atoms with van der Waals surface area (Å²) in [5.74, 6) is 2.31. The van der Waals surface area contributed by atoms with Crippen LogP contribution < -0.4 is 14.9 Å². The van der Waals surface area contributed by atoms with Crippen molar-refractivity contribution in [3.8, 4) is 22.9 Å². The second-order valence-electron chi connectivity index (χ2n) is 6.52. The van der Waals surface area contributed by atoms with Crippen molar-refractivity contribution in [3.63, 3.8) is 0 Å². The number of ether oxygens (including phenoxy) is 2. The van der Waals surface area contributed by atoms with Crippen molar-refractivity contribution in [2.24, 2.45) is 5.10 Å². The highest BCUT2D eigenvalue weighted by Gasteiger charge is 2.12. The van der Waals surface area contributed by atoms with Crippen LogP contribution in [0.4, 0.5) is 5.82 Å². The Morgan fingerprint density at radius 2 is 1.71 bits per heavy atom. The van der Waals surface area contributed by atoms with Gasteiger partial charge in [-0.3, -0.25) is 5.43 Å². The van der Waals surface area contributed by atoms with Crippen LogP contribution in [0.2, 0.25) is 10.0 Å². The van der Waals surface area contributed by atoms with Gasteiger partial charge < -0.3 is 9.47 Å². The number of nitrogens with zero attached hydrogens (tertiary/aromatic N) is 3. The molecule has 4 rings (SSSR count). The van der Waals surface area contributed by atoms with E-state index >= 15 is 0 Å². The molecule has 1 N–H and O–H groups in total. The third-order valence-corrected chi connectivity index (χ3v) is 5.11. The molecule has 0 saturated carbocycles. The molecule has 156 valence electrons. The van der Waals surface area contributed by atoms with E-state index in [0.717, 1.165) is 16.5 Å². The van der Waals surface area contributed by atoms with Crippen molar-refractivity contribution < 1.29 is 9.47 Å². The van der Waals surface area contributed by atoms with Gasteiger partial charge in [0.2, 0.25) is 0 Å². The van der Waals surface area contributed by atoms with E-state index in [0.29, 0.717) is 38.8 Å². The molecule has 0 radical (unpaired) electrons. The zero-order valence-corrected chi connectivity index (χ0v) is 18.3. The molecule has 0 amide bonds. The number of hydrazone groups is 1. The lowest BCUT2D eigenvalue weighted by Gasteiger charge is -2.10. The molecule has 0 spiro atoms. The van der Waals surface area contributed by atoms with Crippen LogP contribution in [0.5, 0.6) is 11.5 Å². The number of rotatable bonds is 6. The first-order chi connectivity index (χ1) is 15.1. The van der Waals surface area contributed by atoms with Crippen LogP contribution in [0.15, 0.2) is 65.8 Å². The summed E-state index contributed by atoms with van der Waals surface area (Å²) in [6.45, 7) is 0. The Morgan fingerprint density at radius 1 is 0.903 bits per heavy atom. The Balaban J connectivity index is 1.69. The minimum atomic E-state index is 0.475. The lowest BCUT2D eigenvalue weighted by Crippen LogP contribution is -2.00. The Kier molecular flexibility index (Phi) is 6.21. The Labute approximate surface area is 189 Å². The second-order valence-corrected chi connectivity index (χ2v) is 7.37. The van der Waals surface area contributed by atoms with Crippen molar-refractivity contribution in [2.75, 3.05) is 19.6 Å². The molecule has 6 nitrogen and oxygen atoms in total. The molecule has 0 fully saturated rings. The third kappa shape index (κ3) is 4.55. The largest absolute Gasteiger partial charge is 0.493 e. The normalized spacial score (nSPS) is 11.1. The van der Waals surface area contributed by atoms with Crippen LogP contribution in [0.25, 0.3) is 22.3 Å². The number of para-hydroxylation sites is 1. The summed E-state index contributed by atoms with van der Waals surface area (Å²) in [6, 6.07) is 18.4. The van der Waals surface area contributed by atoms with Crippen LogP contribution in [-0.2, 0) is 0 Å². The number of methoxy groups -OCH3 is 2. The predicted molar refractivity (Wildman–Crippen MR) is 126 cm³/mol. The molecule has 0 saturated heterocycles. The van der Waals surface area contributed by atoms with E-state index in [2.05, 4.69) is 20.5 Å². The summed E-state index contributed by atoms with van der Waals surface area (Å²) in [6.07, 6.45) is 1.67. The van der Waals surface area contributed by atoms with Crippen LogP contribution in [0, 0.1) is 0 Å². The average Bonchev–Trinajstić information content (AvgIpc) is 2.78. The third-order valence-electron chi connectivity index (χ3n) is 4.57. The smallest absolute Gasteiger partial charge is 0.163 e. The summed E-state index contributed by atoms with van der Waals surface area (Å²) in [5, 5.41) is 6.21. The van der Waals surface area contributed by atoms with Gasteiger partial charge >= 0.3 is 0 Å². The highest BCUT2D eigenvalue weighted by atomic mass is 35.5. The SMILES string of the molecule is COc1ccc(C=NNc2nc(-c3ccc(Cl)cc3Cl)nc3ccccc23)cc1OC. The second kappa shape index (κ2) is 9.20. The quantitative estimate of drug-likeness (QED) is 0.284. The van der Waals surface area contributed by atoms with Crippen molar-refractivity contribution in [2.45, 2.75) is 0 Å². The maximum absolute atomic E-state index is 6.37. The number of benzene rings is 3. The molecule has 1 heterocycles. The molecule has 0 aliphatic rings. The monoisotopic (exact) mass is 452 g/mol. The fraction of sp³-hybridized carbons (Fsp3) is 0.0870. The van der Waals surface area contributed by atoms with E-state index in [1.807, 2.05) is 42.5 Å². The molecule has 0 unspecified atom stereocenters. The molecule has 8 heteroatoms. The van der Waals surface area contributed by atoms with Gasteiger partial charge in [-0.15, -0.1) is 0 Å². The van der Waals surface area contributed by atoms with Gasteiger partial charge in [-0.1, -0.05) is 35.3 Å². The molecular weight excluding hydrogens is 435 g/mol. The van der Waals surface area contributed by atoms with E-state index in [9.17, 15) is 0 Å². The first kappa shape index (κ1) is 20.9. The Hall–Kier alpha value is -3.35. The van der Waals surface area contributed by atoms with E-state index in [4.69, 9.17) is 32.7 Å². The van der Waals surface area contributed by atoms with Crippen LogP contribution in [0.1, 0.15) is 5.56 Å². The number of fused-ring (bicyclic) bond motifs is 1. The molecule has 0 bridgehead atoms. The van der Waals surface area contributed by atoms with Crippen molar-refractivity contribution in [1.82, 2.24) is 9.97 Å². The summed E-state index contributed by atoms with van der Waals surface area (Å²) in [4.78, 5) is 9.29.